The monoisotopic (exact) mass is 409 g/mol. The summed E-state index contributed by atoms with van der Waals surface area (Å²) in [6.07, 6.45) is 1.76. The zero-order valence-corrected chi connectivity index (χ0v) is 16.3. The predicted molar refractivity (Wildman–Crippen MR) is 107 cm³/mol. The summed E-state index contributed by atoms with van der Waals surface area (Å²) >= 11 is 1.07. The Morgan fingerprint density at radius 2 is 1.83 bits per heavy atom. The summed E-state index contributed by atoms with van der Waals surface area (Å²) in [7, 11) is 1.24. The van der Waals surface area contributed by atoms with Crippen LogP contribution in [-0.4, -0.2) is 41.6 Å². The van der Waals surface area contributed by atoms with Crippen molar-refractivity contribution in [1.82, 2.24) is 4.90 Å². The van der Waals surface area contributed by atoms with E-state index in [9.17, 15) is 19.5 Å². The Labute approximate surface area is 171 Å². The maximum Gasteiger partial charge on any atom is 0.331 e. The predicted octanol–water partition coefficient (Wildman–Crippen LogP) is 1.91. The molecule has 1 aliphatic rings. The second-order valence-corrected chi connectivity index (χ2v) is 7.06. The SMILES string of the molecule is COC(=O)/C=C1/SC(=Nc2ccc(C(=O)[O-])cc2)N(CCc2ccccc2)C1=O. The highest BCUT2D eigenvalue weighted by atomic mass is 32.2. The largest absolute Gasteiger partial charge is 0.545 e. The molecular weight excluding hydrogens is 392 g/mol. The van der Waals surface area contributed by atoms with Gasteiger partial charge in [-0.1, -0.05) is 42.5 Å². The van der Waals surface area contributed by atoms with E-state index in [1.165, 1.54) is 36.3 Å². The molecule has 1 heterocycles. The first-order valence-electron chi connectivity index (χ1n) is 8.71. The van der Waals surface area contributed by atoms with Gasteiger partial charge in [-0.05, 0) is 41.4 Å². The minimum atomic E-state index is -1.28. The zero-order valence-electron chi connectivity index (χ0n) is 15.5. The van der Waals surface area contributed by atoms with Crippen LogP contribution in [0.25, 0.3) is 0 Å². The Hall–Kier alpha value is -3.39. The van der Waals surface area contributed by atoms with Gasteiger partial charge in [0.15, 0.2) is 5.17 Å². The van der Waals surface area contributed by atoms with E-state index in [1.54, 1.807) is 0 Å². The quantitative estimate of drug-likeness (QED) is 0.534. The number of hydrogen-bond donors (Lipinski definition) is 0. The normalized spacial score (nSPS) is 16.4. The molecule has 0 unspecified atom stereocenters. The molecule has 2 aromatic carbocycles. The maximum atomic E-state index is 12.8. The molecule has 0 atom stereocenters. The summed E-state index contributed by atoms with van der Waals surface area (Å²) in [5.41, 5.74) is 1.58. The Bertz CT molecular complexity index is 984. The third kappa shape index (κ3) is 5.11. The second kappa shape index (κ2) is 9.20. The fraction of sp³-hybridized carbons (Fsp3) is 0.143. The van der Waals surface area contributed by atoms with Gasteiger partial charge in [-0.2, -0.15) is 0 Å². The van der Waals surface area contributed by atoms with Crippen LogP contribution in [0.5, 0.6) is 0 Å². The van der Waals surface area contributed by atoms with Crippen LogP contribution in [0.4, 0.5) is 5.69 Å². The molecule has 0 bridgehead atoms. The van der Waals surface area contributed by atoms with E-state index < -0.39 is 11.9 Å². The van der Waals surface area contributed by atoms with E-state index in [0.29, 0.717) is 23.8 Å². The van der Waals surface area contributed by atoms with E-state index in [0.717, 1.165) is 23.4 Å². The van der Waals surface area contributed by atoms with E-state index in [-0.39, 0.29) is 16.4 Å². The number of aliphatic imine (C=N–C) groups is 1. The van der Waals surface area contributed by atoms with Crippen molar-refractivity contribution in [1.29, 1.82) is 0 Å². The van der Waals surface area contributed by atoms with E-state index in [2.05, 4.69) is 9.73 Å². The van der Waals surface area contributed by atoms with Crippen LogP contribution < -0.4 is 5.11 Å². The topological polar surface area (TPSA) is 99.1 Å². The summed E-state index contributed by atoms with van der Waals surface area (Å²) in [5, 5.41) is 11.3. The average molecular weight is 409 g/mol. The number of carboxylic acid groups (broad SMARTS) is 1. The molecule has 1 amide bonds. The van der Waals surface area contributed by atoms with Crippen molar-refractivity contribution >= 4 is 40.5 Å². The Morgan fingerprint density at radius 1 is 1.14 bits per heavy atom. The lowest BCUT2D eigenvalue weighted by molar-refractivity contribution is -0.255. The van der Waals surface area contributed by atoms with Crippen molar-refractivity contribution in [3.05, 3.63) is 76.7 Å². The molecule has 1 fully saturated rings. The molecule has 29 heavy (non-hydrogen) atoms. The molecule has 3 rings (SSSR count). The number of thioether (sulfide) groups is 1. The highest BCUT2D eigenvalue weighted by molar-refractivity contribution is 8.18. The lowest BCUT2D eigenvalue weighted by atomic mass is 10.1. The lowest BCUT2D eigenvalue weighted by Crippen LogP contribution is -2.31. The van der Waals surface area contributed by atoms with Gasteiger partial charge in [0.1, 0.15) is 0 Å². The van der Waals surface area contributed by atoms with Gasteiger partial charge < -0.3 is 14.6 Å². The average Bonchev–Trinajstić information content (AvgIpc) is 3.01. The van der Waals surface area contributed by atoms with Crippen LogP contribution in [-0.2, 0) is 20.7 Å². The highest BCUT2D eigenvalue weighted by Crippen LogP contribution is 2.33. The number of amidine groups is 1. The molecule has 0 saturated carbocycles. The highest BCUT2D eigenvalue weighted by Gasteiger charge is 2.33. The summed E-state index contributed by atoms with van der Waals surface area (Å²) in [6, 6.07) is 15.5. The minimum absolute atomic E-state index is 0.0383. The van der Waals surface area contributed by atoms with Gasteiger partial charge in [-0.25, -0.2) is 9.79 Å². The molecule has 0 spiro atoms. The standard InChI is InChI=1S/C21H18N2O5S/c1-28-18(24)13-17-19(25)23(12-11-14-5-3-2-4-6-14)21(29-17)22-16-9-7-15(8-10-16)20(26)27/h2-10,13H,11-12H2,1H3,(H,26,27)/p-1/b17-13+,22-21?. The first-order chi connectivity index (χ1) is 14.0. The van der Waals surface area contributed by atoms with Crippen molar-refractivity contribution in [3.8, 4) is 0 Å². The molecule has 1 saturated heterocycles. The fourth-order valence-electron chi connectivity index (χ4n) is 2.62. The van der Waals surface area contributed by atoms with E-state index in [4.69, 9.17) is 0 Å². The summed E-state index contributed by atoms with van der Waals surface area (Å²) in [6.45, 7) is 0.379. The zero-order chi connectivity index (χ0) is 20.8. The Kier molecular flexibility index (Phi) is 6.46. The molecule has 7 nitrogen and oxygen atoms in total. The molecular formula is C21H17N2O5S-. The Balaban J connectivity index is 1.87. The van der Waals surface area contributed by atoms with Crippen LogP contribution in [0.15, 0.2) is 70.6 Å². The van der Waals surface area contributed by atoms with E-state index in [1.807, 2.05) is 30.3 Å². The lowest BCUT2D eigenvalue weighted by Gasteiger charge is -2.15. The minimum Gasteiger partial charge on any atom is -0.545 e. The second-order valence-electron chi connectivity index (χ2n) is 6.05. The van der Waals surface area contributed by atoms with E-state index >= 15 is 0 Å². The number of nitrogens with zero attached hydrogens (tertiary/aromatic N) is 2. The van der Waals surface area contributed by atoms with Gasteiger partial charge in [0.25, 0.3) is 5.91 Å². The van der Waals surface area contributed by atoms with Gasteiger partial charge in [-0.15, -0.1) is 0 Å². The van der Waals surface area contributed by atoms with Gasteiger partial charge in [0.05, 0.1) is 23.7 Å². The number of aromatic carboxylic acids is 1. The number of carbonyl (C=O) groups excluding carboxylic acids is 3. The number of esters is 1. The molecule has 8 heteroatoms. The van der Waals surface area contributed by atoms with Crippen LogP contribution in [0, 0.1) is 0 Å². The summed E-state index contributed by atoms with van der Waals surface area (Å²) < 4.78 is 4.61. The van der Waals surface area contributed by atoms with Crippen molar-refractivity contribution in [2.24, 2.45) is 4.99 Å². The number of hydrogen-bond acceptors (Lipinski definition) is 7. The fourth-order valence-corrected chi connectivity index (χ4v) is 3.61. The van der Waals surface area contributed by atoms with Gasteiger partial charge in [0, 0.05) is 12.6 Å². The van der Waals surface area contributed by atoms with Crippen LogP contribution in [0.2, 0.25) is 0 Å². The third-order valence-corrected chi connectivity index (χ3v) is 5.14. The first-order valence-corrected chi connectivity index (χ1v) is 9.53. The van der Waals surface area contributed by atoms with Crippen LogP contribution in [0.1, 0.15) is 15.9 Å². The molecule has 0 aliphatic carbocycles. The number of carbonyl (C=O) groups is 3. The number of rotatable bonds is 6. The van der Waals surface area contributed by atoms with Gasteiger partial charge in [-0.3, -0.25) is 9.69 Å². The van der Waals surface area contributed by atoms with Gasteiger partial charge >= 0.3 is 5.97 Å². The van der Waals surface area contributed by atoms with Crippen molar-refractivity contribution < 1.29 is 24.2 Å². The first kappa shape index (κ1) is 20.3. The summed E-state index contributed by atoms with van der Waals surface area (Å²) in [4.78, 5) is 41.4. The number of ether oxygens (including phenoxy) is 1. The molecule has 0 N–H and O–H groups in total. The molecule has 1 aliphatic heterocycles. The van der Waals surface area contributed by atoms with Crippen molar-refractivity contribution in [3.63, 3.8) is 0 Å². The number of amides is 1. The number of carboxylic acids is 1. The number of methoxy groups -OCH3 is 1. The van der Waals surface area contributed by atoms with Crippen LogP contribution in [0.3, 0.4) is 0 Å². The van der Waals surface area contributed by atoms with Crippen molar-refractivity contribution in [2.75, 3.05) is 13.7 Å². The Morgan fingerprint density at radius 3 is 2.45 bits per heavy atom. The third-order valence-electron chi connectivity index (χ3n) is 4.13. The molecule has 2 aromatic rings. The smallest absolute Gasteiger partial charge is 0.331 e. The van der Waals surface area contributed by atoms with Gasteiger partial charge in [0.2, 0.25) is 0 Å². The molecule has 0 radical (unpaired) electrons. The summed E-state index contributed by atoms with van der Waals surface area (Å²) in [5.74, 6) is -2.23. The maximum absolute atomic E-state index is 12.8. The molecule has 0 aromatic heterocycles. The molecule has 148 valence electrons. The van der Waals surface area contributed by atoms with Crippen molar-refractivity contribution in [2.45, 2.75) is 6.42 Å². The van der Waals surface area contributed by atoms with Crippen LogP contribution >= 0.6 is 11.8 Å². The number of benzene rings is 2.